The van der Waals surface area contributed by atoms with Gasteiger partial charge in [-0.3, -0.25) is 10.1 Å². The van der Waals surface area contributed by atoms with E-state index in [2.05, 4.69) is 10.6 Å². The molecule has 0 aromatic heterocycles. The number of carbonyl (C=O) groups is 2. The maximum atomic E-state index is 11.6. The summed E-state index contributed by atoms with van der Waals surface area (Å²) < 4.78 is 11.0. The van der Waals surface area contributed by atoms with E-state index < -0.39 is 11.9 Å². The van der Waals surface area contributed by atoms with Gasteiger partial charge in [-0.15, -0.1) is 11.6 Å². The second-order valence-electron chi connectivity index (χ2n) is 4.15. The van der Waals surface area contributed by atoms with Crippen molar-refractivity contribution in [1.82, 2.24) is 5.32 Å². The fourth-order valence-electron chi connectivity index (χ4n) is 1.68. The Labute approximate surface area is 121 Å². The van der Waals surface area contributed by atoms with E-state index in [1.165, 1.54) is 0 Å². The number of carbonyl (C=O) groups excluding carboxylic acids is 2. The highest BCUT2D eigenvalue weighted by Crippen LogP contribution is 2.32. The molecule has 0 spiro atoms. The van der Waals surface area contributed by atoms with E-state index >= 15 is 0 Å². The van der Waals surface area contributed by atoms with Gasteiger partial charge in [0.2, 0.25) is 5.91 Å². The number of halogens is 1. The molecule has 0 saturated heterocycles. The van der Waals surface area contributed by atoms with Crippen LogP contribution in [0, 0.1) is 0 Å². The van der Waals surface area contributed by atoms with Crippen molar-refractivity contribution in [2.45, 2.75) is 12.8 Å². The van der Waals surface area contributed by atoms with Crippen LogP contribution in [0.3, 0.4) is 0 Å². The maximum Gasteiger partial charge on any atom is 0.325 e. The molecule has 108 valence electrons. The minimum Gasteiger partial charge on any atom is -0.490 e. The molecule has 0 saturated carbocycles. The van der Waals surface area contributed by atoms with Gasteiger partial charge in [-0.05, 0) is 12.1 Å². The molecule has 0 aliphatic carbocycles. The van der Waals surface area contributed by atoms with Gasteiger partial charge in [0.1, 0.15) is 0 Å². The molecule has 0 radical (unpaired) electrons. The number of anilines is 1. The van der Waals surface area contributed by atoms with E-state index in [1.54, 1.807) is 18.2 Å². The van der Waals surface area contributed by atoms with Crippen LogP contribution in [-0.2, 0) is 4.79 Å². The zero-order valence-corrected chi connectivity index (χ0v) is 11.5. The molecular formula is C13H15ClN2O4. The van der Waals surface area contributed by atoms with Crippen LogP contribution in [0.2, 0.25) is 0 Å². The fraction of sp³-hybridized carbons (Fsp3) is 0.385. The lowest BCUT2D eigenvalue weighted by molar-refractivity contribution is -0.119. The van der Waals surface area contributed by atoms with E-state index in [9.17, 15) is 9.59 Å². The van der Waals surface area contributed by atoms with Crippen molar-refractivity contribution in [1.29, 1.82) is 0 Å². The molecule has 3 amide bonds. The third-order valence-electron chi connectivity index (χ3n) is 2.58. The van der Waals surface area contributed by atoms with Crippen LogP contribution in [0.25, 0.3) is 0 Å². The lowest BCUT2D eigenvalue weighted by Gasteiger charge is -2.10. The average Bonchev–Trinajstić information content (AvgIpc) is 2.63. The van der Waals surface area contributed by atoms with Crippen LogP contribution in [-0.4, -0.2) is 31.0 Å². The van der Waals surface area contributed by atoms with Crippen molar-refractivity contribution in [3.05, 3.63) is 18.2 Å². The topological polar surface area (TPSA) is 76.7 Å². The van der Waals surface area contributed by atoms with E-state index in [1.807, 2.05) is 0 Å². The Morgan fingerprint density at radius 2 is 1.95 bits per heavy atom. The van der Waals surface area contributed by atoms with Gasteiger partial charge in [0.15, 0.2) is 11.5 Å². The molecule has 1 aromatic carbocycles. The summed E-state index contributed by atoms with van der Waals surface area (Å²) in [4.78, 5) is 22.8. The number of hydrogen-bond donors (Lipinski definition) is 2. The third-order valence-corrected chi connectivity index (χ3v) is 2.77. The summed E-state index contributed by atoms with van der Waals surface area (Å²) in [5, 5.41) is 4.73. The summed E-state index contributed by atoms with van der Waals surface area (Å²) in [6.07, 6.45) is 0.904. The Bertz CT molecular complexity index is 507. The van der Waals surface area contributed by atoms with E-state index in [4.69, 9.17) is 21.1 Å². The molecular weight excluding hydrogens is 284 g/mol. The normalized spacial score (nSPS) is 13.2. The number of alkyl halides is 1. The zero-order valence-electron chi connectivity index (χ0n) is 10.8. The highest BCUT2D eigenvalue weighted by molar-refractivity contribution is 6.19. The second-order valence-corrected chi connectivity index (χ2v) is 4.53. The van der Waals surface area contributed by atoms with Crippen LogP contribution < -0.4 is 20.1 Å². The molecule has 20 heavy (non-hydrogen) atoms. The Morgan fingerprint density at radius 1 is 1.20 bits per heavy atom. The first-order valence-electron chi connectivity index (χ1n) is 6.25. The second kappa shape index (κ2) is 7.00. The molecule has 1 aliphatic heterocycles. The molecule has 0 atom stereocenters. The largest absolute Gasteiger partial charge is 0.490 e. The number of hydrogen-bond acceptors (Lipinski definition) is 4. The lowest BCUT2D eigenvalue weighted by atomic mass is 10.3. The number of nitrogens with one attached hydrogen (secondary N) is 2. The number of fused-ring (bicyclic) bond motifs is 1. The Balaban J connectivity index is 1.97. The number of imide groups is 1. The highest BCUT2D eigenvalue weighted by Gasteiger charge is 2.12. The van der Waals surface area contributed by atoms with Gasteiger partial charge in [0.05, 0.1) is 13.2 Å². The first kappa shape index (κ1) is 14.5. The molecule has 1 aromatic rings. The smallest absolute Gasteiger partial charge is 0.325 e. The number of urea groups is 1. The van der Waals surface area contributed by atoms with Crippen LogP contribution in [0.4, 0.5) is 10.5 Å². The maximum absolute atomic E-state index is 11.6. The molecule has 2 rings (SSSR count). The fourth-order valence-corrected chi connectivity index (χ4v) is 1.85. The molecule has 0 bridgehead atoms. The highest BCUT2D eigenvalue weighted by atomic mass is 35.5. The van der Waals surface area contributed by atoms with Crippen molar-refractivity contribution < 1.29 is 19.1 Å². The minimum absolute atomic E-state index is 0.0934. The summed E-state index contributed by atoms with van der Waals surface area (Å²) >= 11 is 5.41. The van der Waals surface area contributed by atoms with Crippen LogP contribution in [0.5, 0.6) is 11.5 Å². The van der Waals surface area contributed by atoms with Crippen molar-refractivity contribution in [2.24, 2.45) is 0 Å². The van der Waals surface area contributed by atoms with Crippen molar-refractivity contribution >= 4 is 29.2 Å². The van der Waals surface area contributed by atoms with E-state index in [0.717, 1.165) is 6.42 Å². The van der Waals surface area contributed by atoms with Crippen LogP contribution in [0.1, 0.15) is 12.8 Å². The first-order valence-corrected chi connectivity index (χ1v) is 6.79. The lowest BCUT2D eigenvalue weighted by Crippen LogP contribution is -2.34. The van der Waals surface area contributed by atoms with Gasteiger partial charge in [-0.2, -0.15) is 0 Å². The van der Waals surface area contributed by atoms with E-state index in [-0.39, 0.29) is 12.3 Å². The van der Waals surface area contributed by atoms with Crippen molar-refractivity contribution in [3.63, 3.8) is 0 Å². The molecule has 2 N–H and O–H groups in total. The predicted molar refractivity (Wildman–Crippen MR) is 74.5 cm³/mol. The van der Waals surface area contributed by atoms with Gasteiger partial charge in [0, 0.05) is 30.5 Å². The van der Waals surface area contributed by atoms with Gasteiger partial charge in [0.25, 0.3) is 0 Å². The minimum atomic E-state index is -0.602. The van der Waals surface area contributed by atoms with Gasteiger partial charge < -0.3 is 14.8 Å². The van der Waals surface area contributed by atoms with Gasteiger partial charge >= 0.3 is 6.03 Å². The Hall–Kier alpha value is -1.95. The van der Waals surface area contributed by atoms with E-state index in [0.29, 0.717) is 30.4 Å². The number of ether oxygens (including phenoxy) is 2. The summed E-state index contributed by atoms with van der Waals surface area (Å²) in [7, 11) is 0. The van der Waals surface area contributed by atoms with Gasteiger partial charge in [-0.1, -0.05) is 0 Å². The Morgan fingerprint density at radius 3 is 2.70 bits per heavy atom. The standard InChI is InChI=1S/C13H15ClN2O4/c14-5-4-12(17)16-13(18)15-9-2-3-10-11(8-9)20-7-1-6-19-10/h2-3,8H,1,4-7H2,(H2,15,16,17,18). The third kappa shape index (κ3) is 4.03. The molecule has 0 fully saturated rings. The Kier molecular flexibility index (Phi) is 5.06. The van der Waals surface area contributed by atoms with Crippen LogP contribution in [0.15, 0.2) is 18.2 Å². The zero-order chi connectivity index (χ0) is 14.4. The molecule has 0 unspecified atom stereocenters. The predicted octanol–water partition coefficient (Wildman–Crippen LogP) is 2.12. The van der Waals surface area contributed by atoms with Crippen LogP contribution >= 0.6 is 11.6 Å². The molecule has 1 aliphatic rings. The van der Waals surface area contributed by atoms with Crippen molar-refractivity contribution in [3.8, 4) is 11.5 Å². The SMILES string of the molecule is O=C(CCCl)NC(=O)Nc1ccc2c(c1)OCCCO2. The quantitative estimate of drug-likeness (QED) is 0.838. The average molecular weight is 299 g/mol. The summed E-state index contributed by atoms with van der Waals surface area (Å²) in [6, 6.07) is 4.46. The van der Waals surface area contributed by atoms with Gasteiger partial charge in [-0.25, -0.2) is 4.79 Å². The molecule has 6 nitrogen and oxygen atoms in total. The summed E-state index contributed by atoms with van der Waals surface area (Å²) in [5.41, 5.74) is 0.519. The number of rotatable bonds is 3. The summed E-state index contributed by atoms with van der Waals surface area (Å²) in [6.45, 7) is 1.17. The first-order chi connectivity index (χ1) is 9.69. The number of benzene rings is 1. The monoisotopic (exact) mass is 298 g/mol. The molecule has 1 heterocycles. The molecule has 7 heteroatoms. The number of amides is 3. The summed E-state index contributed by atoms with van der Waals surface area (Å²) in [5.74, 6) is 0.967. The van der Waals surface area contributed by atoms with Crippen molar-refractivity contribution in [2.75, 3.05) is 24.4 Å².